The van der Waals surface area contributed by atoms with Crippen molar-refractivity contribution in [2.45, 2.75) is 37.6 Å². The molecule has 1 amide bonds. The molecule has 2 aliphatic rings. The molecule has 1 aliphatic heterocycles. The van der Waals surface area contributed by atoms with Crippen LogP contribution < -0.4 is 10.6 Å². The van der Waals surface area contributed by atoms with Crippen LogP contribution in [0.5, 0.6) is 0 Å². The van der Waals surface area contributed by atoms with Gasteiger partial charge in [0.05, 0.1) is 11.4 Å². The van der Waals surface area contributed by atoms with Gasteiger partial charge in [0.1, 0.15) is 11.4 Å². The number of hydrogen-bond donors (Lipinski definition) is 2. The number of halogens is 1. The fraction of sp³-hybridized carbons (Fsp3) is 0.462. The van der Waals surface area contributed by atoms with Crippen molar-refractivity contribution in [2.24, 2.45) is 0 Å². The molecule has 1 fully saturated rings. The highest BCUT2D eigenvalue weighted by molar-refractivity contribution is 6.06. The molecule has 1 spiro atoms. The predicted octanol–water partition coefficient (Wildman–Crippen LogP) is 2.89. The number of carbonyl (C=O) groups is 1. The van der Waals surface area contributed by atoms with Gasteiger partial charge >= 0.3 is 0 Å². The zero-order chi connectivity index (χ0) is 11.9. The van der Waals surface area contributed by atoms with Gasteiger partial charge in [-0.15, -0.1) is 0 Å². The second-order valence-electron chi connectivity index (χ2n) is 4.91. The highest BCUT2D eigenvalue weighted by Crippen LogP contribution is 2.39. The van der Waals surface area contributed by atoms with Crippen LogP contribution in [-0.4, -0.2) is 11.4 Å². The molecule has 1 aromatic rings. The van der Waals surface area contributed by atoms with E-state index in [1.165, 1.54) is 18.6 Å². The van der Waals surface area contributed by atoms with Gasteiger partial charge in [-0.2, -0.15) is 0 Å². The first-order valence-electron chi connectivity index (χ1n) is 6.09. The second-order valence-corrected chi connectivity index (χ2v) is 4.91. The first-order chi connectivity index (χ1) is 8.20. The van der Waals surface area contributed by atoms with E-state index in [0.717, 1.165) is 25.7 Å². The SMILES string of the molecule is O=C1Nc2ccc(F)cc2NC12CCCCC2. The van der Waals surface area contributed by atoms with Crippen molar-refractivity contribution < 1.29 is 9.18 Å². The summed E-state index contributed by atoms with van der Waals surface area (Å²) >= 11 is 0. The summed E-state index contributed by atoms with van der Waals surface area (Å²) in [6, 6.07) is 4.41. The number of rotatable bonds is 0. The van der Waals surface area contributed by atoms with Crippen molar-refractivity contribution in [1.82, 2.24) is 0 Å². The van der Waals surface area contributed by atoms with Crippen LogP contribution in [0.3, 0.4) is 0 Å². The Labute approximate surface area is 99.4 Å². The lowest BCUT2D eigenvalue weighted by molar-refractivity contribution is -0.121. The number of amides is 1. The summed E-state index contributed by atoms with van der Waals surface area (Å²) in [5.74, 6) is -0.255. The lowest BCUT2D eigenvalue weighted by Gasteiger charge is -2.41. The number of anilines is 2. The minimum absolute atomic E-state index is 0.0244. The zero-order valence-electron chi connectivity index (χ0n) is 9.55. The van der Waals surface area contributed by atoms with Crippen LogP contribution in [0.25, 0.3) is 0 Å². The summed E-state index contributed by atoms with van der Waals surface area (Å²) in [5, 5.41) is 6.13. The third-order valence-corrected chi connectivity index (χ3v) is 3.75. The molecule has 0 radical (unpaired) electrons. The lowest BCUT2D eigenvalue weighted by Crippen LogP contribution is -2.53. The number of carbonyl (C=O) groups excluding carboxylic acids is 1. The monoisotopic (exact) mass is 234 g/mol. The molecule has 0 aromatic heterocycles. The van der Waals surface area contributed by atoms with E-state index in [9.17, 15) is 9.18 Å². The molecule has 1 heterocycles. The van der Waals surface area contributed by atoms with E-state index in [1.54, 1.807) is 6.07 Å². The van der Waals surface area contributed by atoms with Gasteiger partial charge in [0.15, 0.2) is 0 Å². The highest BCUT2D eigenvalue weighted by atomic mass is 19.1. The van der Waals surface area contributed by atoms with E-state index in [2.05, 4.69) is 10.6 Å². The smallest absolute Gasteiger partial charge is 0.250 e. The van der Waals surface area contributed by atoms with Crippen molar-refractivity contribution >= 4 is 17.3 Å². The van der Waals surface area contributed by atoms with Gasteiger partial charge < -0.3 is 10.6 Å². The maximum Gasteiger partial charge on any atom is 0.250 e. The highest BCUT2D eigenvalue weighted by Gasteiger charge is 2.42. The van der Waals surface area contributed by atoms with Gasteiger partial charge in [0.2, 0.25) is 5.91 Å². The molecule has 3 rings (SSSR count). The molecule has 0 unspecified atom stereocenters. The Morgan fingerprint density at radius 2 is 1.88 bits per heavy atom. The molecular formula is C13H15FN2O. The van der Waals surface area contributed by atoms with Gasteiger partial charge in [-0.1, -0.05) is 19.3 Å². The van der Waals surface area contributed by atoms with Crippen molar-refractivity contribution in [2.75, 3.05) is 10.6 Å². The van der Waals surface area contributed by atoms with E-state index in [1.807, 2.05) is 0 Å². The Kier molecular flexibility index (Phi) is 2.31. The summed E-state index contributed by atoms with van der Waals surface area (Å²) in [4.78, 5) is 12.2. The molecule has 2 N–H and O–H groups in total. The number of hydrogen-bond acceptors (Lipinski definition) is 2. The summed E-state index contributed by atoms with van der Waals surface area (Å²) in [7, 11) is 0. The molecule has 1 aliphatic carbocycles. The van der Waals surface area contributed by atoms with Crippen LogP contribution in [0.1, 0.15) is 32.1 Å². The Morgan fingerprint density at radius 1 is 1.12 bits per heavy atom. The molecule has 4 heteroatoms. The third kappa shape index (κ3) is 1.68. The molecular weight excluding hydrogens is 219 g/mol. The predicted molar refractivity (Wildman–Crippen MR) is 64.5 cm³/mol. The van der Waals surface area contributed by atoms with E-state index in [0.29, 0.717) is 11.4 Å². The minimum Gasteiger partial charge on any atom is -0.369 e. The Morgan fingerprint density at radius 3 is 2.65 bits per heavy atom. The normalized spacial score (nSPS) is 21.6. The van der Waals surface area contributed by atoms with Gasteiger partial charge in [0, 0.05) is 0 Å². The van der Waals surface area contributed by atoms with Crippen LogP contribution in [0, 0.1) is 5.82 Å². The standard InChI is InChI=1S/C13H15FN2O/c14-9-4-5-10-11(8-9)16-13(12(17)15-10)6-2-1-3-7-13/h4-5,8,16H,1-3,6-7H2,(H,15,17). The van der Waals surface area contributed by atoms with E-state index < -0.39 is 5.54 Å². The fourth-order valence-corrected chi connectivity index (χ4v) is 2.79. The van der Waals surface area contributed by atoms with Crippen molar-refractivity contribution in [3.8, 4) is 0 Å². The van der Waals surface area contributed by atoms with Crippen LogP contribution in [-0.2, 0) is 4.79 Å². The molecule has 17 heavy (non-hydrogen) atoms. The Hall–Kier alpha value is -1.58. The van der Waals surface area contributed by atoms with Gasteiger partial charge in [-0.25, -0.2) is 4.39 Å². The molecule has 1 aromatic carbocycles. The van der Waals surface area contributed by atoms with Crippen LogP contribution >= 0.6 is 0 Å². The first-order valence-corrected chi connectivity index (χ1v) is 6.09. The number of nitrogens with one attached hydrogen (secondary N) is 2. The number of fused-ring (bicyclic) bond motifs is 1. The lowest BCUT2D eigenvalue weighted by atomic mass is 9.79. The zero-order valence-corrected chi connectivity index (χ0v) is 9.55. The van der Waals surface area contributed by atoms with Crippen LogP contribution in [0.4, 0.5) is 15.8 Å². The van der Waals surface area contributed by atoms with Gasteiger partial charge in [-0.3, -0.25) is 4.79 Å². The molecule has 3 nitrogen and oxygen atoms in total. The summed E-state index contributed by atoms with van der Waals surface area (Å²) < 4.78 is 13.2. The van der Waals surface area contributed by atoms with Gasteiger partial charge in [-0.05, 0) is 31.0 Å². The summed E-state index contributed by atoms with van der Waals surface area (Å²) in [6.45, 7) is 0. The largest absolute Gasteiger partial charge is 0.369 e. The van der Waals surface area contributed by atoms with E-state index >= 15 is 0 Å². The molecule has 1 saturated carbocycles. The molecule has 90 valence electrons. The van der Waals surface area contributed by atoms with Gasteiger partial charge in [0.25, 0.3) is 0 Å². The van der Waals surface area contributed by atoms with Crippen molar-refractivity contribution in [3.63, 3.8) is 0 Å². The summed E-state index contributed by atoms with van der Waals surface area (Å²) in [6.07, 6.45) is 4.92. The average Bonchev–Trinajstić information content (AvgIpc) is 2.32. The maximum absolute atomic E-state index is 13.2. The van der Waals surface area contributed by atoms with E-state index in [-0.39, 0.29) is 11.7 Å². The maximum atomic E-state index is 13.2. The number of benzene rings is 1. The quantitative estimate of drug-likeness (QED) is 0.724. The van der Waals surface area contributed by atoms with Crippen molar-refractivity contribution in [1.29, 1.82) is 0 Å². The summed E-state index contributed by atoms with van der Waals surface area (Å²) in [5.41, 5.74) is 0.859. The molecule has 0 bridgehead atoms. The Balaban J connectivity index is 1.98. The third-order valence-electron chi connectivity index (χ3n) is 3.75. The Bertz CT molecular complexity index is 466. The molecule has 0 saturated heterocycles. The van der Waals surface area contributed by atoms with Crippen LogP contribution in [0.15, 0.2) is 18.2 Å². The minimum atomic E-state index is -0.515. The molecule has 0 atom stereocenters. The van der Waals surface area contributed by atoms with E-state index in [4.69, 9.17) is 0 Å². The average molecular weight is 234 g/mol. The second kappa shape index (κ2) is 3.72. The first kappa shape index (κ1) is 10.6. The van der Waals surface area contributed by atoms with Crippen LogP contribution in [0.2, 0.25) is 0 Å². The topological polar surface area (TPSA) is 41.1 Å². The fourth-order valence-electron chi connectivity index (χ4n) is 2.79. The van der Waals surface area contributed by atoms with Crippen molar-refractivity contribution in [3.05, 3.63) is 24.0 Å².